The molecule has 1 fully saturated rings. The number of hydrogen-bond acceptors (Lipinski definition) is 9. The molecule has 0 saturated heterocycles. The number of benzene rings is 2. The zero-order chi connectivity index (χ0) is 52.7. The highest BCUT2D eigenvalue weighted by molar-refractivity contribution is 5.83. The number of nitrogens with zero attached hydrogens (tertiary/aromatic N) is 4. The molecule has 7 rings (SSSR count). The van der Waals surface area contributed by atoms with Crippen molar-refractivity contribution in [2.75, 3.05) is 6.61 Å². The lowest BCUT2D eigenvalue weighted by Crippen LogP contribution is -2.40. The lowest BCUT2D eigenvalue weighted by molar-refractivity contribution is -0.146. The van der Waals surface area contributed by atoms with Gasteiger partial charge in [-0.2, -0.15) is 0 Å². The Morgan fingerprint density at radius 1 is 0.685 bits per heavy atom. The number of halogens is 1. The molecular formula is C58H65FN6O8. The first-order chi connectivity index (χ1) is 34.8. The van der Waals surface area contributed by atoms with E-state index in [-0.39, 0.29) is 30.9 Å². The van der Waals surface area contributed by atoms with E-state index >= 15 is 0 Å². The molecule has 0 bridgehead atoms. The highest BCUT2D eigenvalue weighted by atomic mass is 19.1. The number of carboxylic acids is 1. The Morgan fingerprint density at radius 2 is 1.21 bits per heavy atom. The Bertz CT molecular complexity index is 3100. The number of aromatic nitrogens is 4. The maximum atomic E-state index is 14.5. The van der Waals surface area contributed by atoms with E-state index in [1.807, 2.05) is 58.0 Å². The smallest absolute Gasteiger partial charge is 0.308 e. The third-order valence-electron chi connectivity index (χ3n) is 13.5. The van der Waals surface area contributed by atoms with Crippen LogP contribution in [0.5, 0.6) is 0 Å². The Morgan fingerprint density at radius 3 is 1.73 bits per heavy atom. The normalized spacial score (nSPS) is 14.4. The van der Waals surface area contributed by atoms with Crippen LogP contribution in [0.1, 0.15) is 134 Å². The number of carbonyl (C=O) groups excluding carboxylic acids is 3. The van der Waals surface area contributed by atoms with Gasteiger partial charge in [0.05, 0.1) is 31.5 Å². The number of esters is 1. The Labute approximate surface area is 425 Å². The summed E-state index contributed by atoms with van der Waals surface area (Å²) in [5, 5.41) is 16.0. The molecule has 2 amide bonds. The van der Waals surface area contributed by atoms with E-state index in [2.05, 4.69) is 20.6 Å². The van der Waals surface area contributed by atoms with Gasteiger partial charge in [0.25, 0.3) is 11.1 Å². The van der Waals surface area contributed by atoms with Crippen LogP contribution in [-0.4, -0.2) is 54.6 Å². The van der Waals surface area contributed by atoms with Crippen molar-refractivity contribution in [1.82, 2.24) is 29.7 Å². The van der Waals surface area contributed by atoms with Gasteiger partial charge in [0.15, 0.2) is 0 Å². The topological polar surface area (TPSA) is 192 Å². The maximum absolute atomic E-state index is 14.5. The van der Waals surface area contributed by atoms with Crippen LogP contribution in [0.15, 0.2) is 114 Å². The second kappa shape index (κ2) is 23.3. The molecule has 382 valence electrons. The number of aryl methyl sites for hydroxylation is 5. The summed E-state index contributed by atoms with van der Waals surface area (Å²) in [6.45, 7) is 14.8. The molecule has 14 nitrogen and oxygen atoms in total. The lowest BCUT2D eigenvalue weighted by atomic mass is 9.94. The monoisotopic (exact) mass is 992 g/mol. The van der Waals surface area contributed by atoms with Gasteiger partial charge in [0.1, 0.15) is 17.9 Å². The zero-order valence-corrected chi connectivity index (χ0v) is 42.8. The van der Waals surface area contributed by atoms with Crippen molar-refractivity contribution in [3.05, 3.63) is 175 Å². The van der Waals surface area contributed by atoms with Gasteiger partial charge < -0.3 is 29.6 Å². The van der Waals surface area contributed by atoms with Crippen LogP contribution in [0.2, 0.25) is 0 Å². The second-order valence-electron chi connectivity index (χ2n) is 20.2. The van der Waals surface area contributed by atoms with E-state index in [1.165, 1.54) is 39.7 Å². The van der Waals surface area contributed by atoms with E-state index < -0.39 is 71.6 Å². The first kappa shape index (κ1) is 53.3. The molecule has 0 spiro atoms. The van der Waals surface area contributed by atoms with Crippen LogP contribution in [0.4, 0.5) is 4.39 Å². The average molecular weight is 993 g/mol. The number of nitrogens with one attached hydrogen (secondary N) is 2. The van der Waals surface area contributed by atoms with Crippen LogP contribution in [0.25, 0.3) is 22.3 Å². The number of hydrogen-bond donors (Lipinski definition) is 3. The van der Waals surface area contributed by atoms with E-state index in [0.717, 1.165) is 46.2 Å². The predicted molar refractivity (Wildman–Crippen MR) is 277 cm³/mol. The van der Waals surface area contributed by atoms with E-state index in [1.54, 1.807) is 70.7 Å². The molecule has 73 heavy (non-hydrogen) atoms. The Kier molecular flexibility index (Phi) is 17.0. The van der Waals surface area contributed by atoms with Crippen LogP contribution in [0.3, 0.4) is 0 Å². The van der Waals surface area contributed by atoms with Gasteiger partial charge in [-0.05, 0) is 170 Å². The summed E-state index contributed by atoms with van der Waals surface area (Å²) in [4.78, 5) is 91.4. The number of ether oxygens (including phenoxy) is 1. The summed E-state index contributed by atoms with van der Waals surface area (Å²) in [6, 6.07) is 14.9. The van der Waals surface area contributed by atoms with Gasteiger partial charge in [-0.25, -0.2) is 4.39 Å². The molecule has 0 aliphatic heterocycles. The number of carbonyl (C=O) groups is 4. The first-order valence-electron chi connectivity index (χ1n) is 24.9. The zero-order valence-electron chi connectivity index (χ0n) is 42.8. The molecule has 1 aliphatic rings. The number of rotatable bonds is 21. The second-order valence-corrected chi connectivity index (χ2v) is 20.2. The molecule has 2 aromatic carbocycles. The quantitative estimate of drug-likeness (QED) is 0.0585. The molecule has 6 aromatic rings. The van der Waals surface area contributed by atoms with Gasteiger partial charge in [0.2, 0.25) is 11.8 Å². The van der Waals surface area contributed by atoms with E-state index in [4.69, 9.17) is 4.74 Å². The van der Waals surface area contributed by atoms with Gasteiger partial charge in [-0.15, -0.1) is 0 Å². The third kappa shape index (κ3) is 13.5. The van der Waals surface area contributed by atoms with E-state index in [0.29, 0.717) is 45.7 Å². The maximum Gasteiger partial charge on any atom is 0.308 e. The fraction of sp³-hybridized carbons (Fsp3) is 0.379. The minimum absolute atomic E-state index is 0.00120. The summed E-state index contributed by atoms with van der Waals surface area (Å²) < 4.78 is 22.9. The van der Waals surface area contributed by atoms with Crippen molar-refractivity contribution in [2.24, 2.45) is 11.8 Å². The first-order valence-corrected chi connectivity index (χ1v) is 24.9. The van der Waals surface area contributed by atoms with E-state index in [9.17, 15) is 38.3 Å². The number of pyridine rings is 4. The largest absolute Gasteiger partial charge is 0.481 e. The lowest BCUT2D eigenvalue weighted by Gasteiger charge is -2.27. The van der Waals surface area contributed by atoms with Crippen LogP contribution >= 0.6 is 0 Å². The van der Waals surface area contributed by atoms with Crippen molar-refractivity contribution < 1.29 is 33.4 Å². The predicted octanol–water partition coefficient (Wildman–Crippen LogP) is 9.67. The Balaban J connectivity index is 1.13. The fourth-order valence-corrected chi connectivity index (χ4v) is 9.75. The molecule has 3 N–H and O–H groups in total. The van der Waals surface area contributed by atoms with Crippen LogP contribution in [0, 0.1) is 52.3 Å². The molecule has 4 heterocycles. The summed E-state index contributed by atoms with van der Waals surface area (Å²) in [7, 11) is 0. The standard InChI is InChI=1S/C58H65FN6O8/c1-33(2)18-49(65-17-15-41(25-52(65)67)40-12-13-40)57(71)63-48(43-24-44(30-61-29-43)55-36(5)10-9-11-37(55)6)27-54(70)73-32-35(4)19-50(64-16-14-34(3)20-51(64)66)58(72)62-47(26-53(68)69)42-23-45(31-60-28-42)56-38(7)21-46(59)22-39(56)8/h9-11,14-17,20-25,28-31,33,35,40,47-50H,12-13,18-19,26-27,32H2,1-8H3,(H,62,72)(H,63,71)(H,68,69)/t35?,47-,48-,49?,50-/m0/s1. The number of amides is 2. The highest BCUT2D eigenvalue weighted by Crippen LogP contribution is 2.39. The van der Waals surface area contributed by atoms with Gasteiger partial charge in [-0.1, -0.05) is 39.0 Å². The minimum Gasteiger partial charge on any atom is -0.481 e. The highest BCUT2D eigenvalue weighted by Gasteiger charge is 2.32. The summed E-state index contributed by atoms with van der Waals surface area (Å²) >= 11 is 0. The van der Waals surface area contributed by atoms with Crippen LogP contribution in [-0.2, 0) is 23.9 Å². The van der Waals surface area contributed by atoms with Crippen LogP contribution < -0.4 is 21.8 Å². The van der Waals surface area contributed by atoms with Crippen molar-refractivity contribution in [1.29, 1.82) is 0 Å². The minimum atomic E-state index is -1.19. The molecule has 0 radical (unpaired) electrons. The third-order valence-corrected chi connectivity index (χ3v) is 13.5. The summed E-state index contributed by atoms with van der Waals surface area (Å²) in [6.07, 6.45) is 11.2. The number of aliphatic carboxylic acids is 1. The molecule has 5 atom stereocenters. The van der Waals surface area contributed by atoms with Crippen molar-refractivity contribution >= 4 is 23.8 Å². The van der Waals surface area contributed by atoms with Gasteiger partial charge in [-0.3, -0.25) is 38.7 Å². The molecule has 2 unspecified atom stereocenters. The molecule has 1 saturated carbocycles. The summed E-state index contributed by atoms with van der Waals surface area (Å²) in [5.41, 5.74) is 8.29. The Hall–Kier alpha value is -7.55. The van der Waals surface area contributed by atoms with Crippen molar-refractivity contribution in [2.45, 2.75) is 124 Å². The molecule has 15 heteroatoms. The molecule has 1 aliphatic carbocycles. The van der Waals surface area contributed by atoms with Crippen molar-refractivity contribution in [3.8, 4) is 22.3 Å². The molecular weight excluding hydrogens is 928 g/mol. The van der Waals surface area contributed by atoms with Gasteiger partial charge >= 0.3 is 11.9 Å². The van der Waals surface area contributed by atoms with Crippen molar-refractivity contribution in [3.63, 3.8) is 0 Å². The SMILES string of the molecule is Cc1ccn([C@@H](CC(C)COC(=O)C[C@H](NC(=O)C(CC(C)C)n2ccc(C3CC3)cc2=O)c2cncc(-c3c(C)cccc3C)c2)C(=O)N[C@@H](CC(=O)O)c2cncc(-c3c(C)cc(F)cc3C)c2)c(=O)c1. The molecule has 4 aromatic heterocycles. The number of carboxylic acid groups (broad SMARTS) is 1. The fourth-order valence-electron chi connectivity index (χ4n) is 9.75. The summed E-state index contributed by atoms with van der Waals surface area (Å²) in [5.74, 6) is -3.46. The van der Waals surface area contributed by atoms with Gasteiger partial charge in [0, 0.05) is 60.4 Å². The average Bonchev–Trinajstić information content (AvgIpc) is 4.18.